The molecule has 0 atom stereocenters. The zero-order valence-electron chi connectivity index (χ0n) is 17.4. The second-order valence-corrected chi connectivity index (χ2v) is 10.1. The van der Waals surface area contributed by atoms with E-state index in [9.17, 15) is 13.2 Å². The molecule has 0 radical (unpaired) electrons. The van der Waals surface area contributed by atoms with Gasteiger partial charge in [0, 0.05) is 18.2 Å². The second-order valence-electron chi connectivity index (χ2n) is 7.45. The van der Waals surface area contributed by atoms with Gasteiger partial charge in [0.05, 0.1) is 22.3 Å². The number of halogens is 2. The minimum Gasteiger partial charge on any atom is -0.336 e. The van der Waals surface area contributed by atoms with Crippen LogP contribution in [0.5, 0.6) is 0 Å². The SMILES string of the molecule is C=CCN(c1ccccc1Cl)S(=O)(=O)c1cc(C(=O)N(CC)C2CCCC2)ccc1Cl. The van der Waals surface area contributed by atoms with Gasteiger partial charge in [-0.2, -0.15) is 0 Å². The third kappa shape index (κ3) is 4.92. The lowest BCUT2D eigenvalue weighted by molar-refractivity contribution is 0.0693. The molecule has 0 aromatic heterocycles. The third-order valence-corrected chi connectivity index (χ3v) is 8.11. The van der Waals surface area contributed by atoms with E-state index in [4.69, 9.17) is 23.2 Å². The van der Waals surface area contributed by atoms with Crippen molar-refractivity contribution in [3.05, 3.63) is 70.7 Å². The maximum absolute atomic E-state index is 13.6. The molecule has 0 bridgehead atoms. The van der Waals surface area contributed by atoms with Crippen molar-refractivity contribution in [2.45, 2.75) is 43.5 Å². The standard InChI is InChI=1S/C23H26Cl2N2O3S/c1-3-15-27(21-12-8-7-11-19(21)24)31(29,30)22-16-17(13-14-20(22)25)23(28)26(4-2)18-9-5-6-10-18/h3,7-8,11-14,16,18H,1,4-6,9-10,15H2,2H3. The van der Waals surface area contributed by atoms with Gasteiger partial charge in [0.1, 0.15) is 4.90 Å². The Morgan fingerprint density at radius 1 is 1.13 bits per heavy atom. The fourth-order valence-corrected chi connectivity index (χ4v) is 6.24. The average molecular weight is 481 g/mol. The quantitative estimate of drug-likeness (QED) is 0.449. The lowest BCUT2D eigenvalue weighted by Crippen LogP contribution is -2.38. The molecule has 0 heterocycles. The summed E-state index contributed by atoms with van der Waals surface area (Å²) in [6, 6.07) is 11.3. The van der Waals surface area contributed by atoms with Crippen LogP contribution < -0.4 is 4.31 Å². The summed E-state index contributed by atoms with van der Waals surface area (Å²) in [5.74, 6) is -0.185. The van der Waals surface area contributed by atoms with E-state index in [2.05, 4.69) is 6.58 Å². The molecule has 1 amide bonds. The fourth-order valence-electron chi connectivity index (χ4n) is 4.00. The zero-order chi connectivity index (χ0) is 22.6. The Hall–Kier alpha value is -2.02. The highest BCUT2D eigenvalue weighted by molar-refractivity contribution is 7.93. The molecule has 0 saturated heterocycles. The van der Waals surface area contributed by atoms with Crippen LogP contribution in [0.2, 0.25) is 10.0 Å². The summed E-state index contributed by atoms with van der Waals surface area (Å²) >= 11 is 12.6. The van der Waals surface area contributed by atoms with Crippen molar-refractivity contribution >= 4 is 44.8 Å². The molecule has 0 spiro atoms. The van der Waals surface area contributed by atoms with E-state index in [-0.39, 0.29) is 33.4 Å². The molecule has 0 N–H and O–H groups in total. The van der Waals surface area contributed by atoms with Crippen LogP contribution in [0.1, 0.15) is 43.0 Å². The van der Waals surface area contributed by atoms with E-state index in [1.165, 1.54) is 18.2 Å². The van der Waals surface area contributed by atoms with Crippen molar-refractivity contribution in [3.63, 3.8) is 0 Å². The highest BCUT2D eigenvalue weighted by Gasteiger charge is 2.31. The van der Waals surface area contributed by atoms with Gasteiger partial charge >= 0.3 is 0 Å². The number of amides is 1. The fraction of sp³-hybridized carbons (Fsp3) is 0.348. The molecule has 1 saturated carbocycles. The van der Waals surface area contributed by atoms with Crippen LogP contribution in [-0.2, 0) is 10.0 Å². The Balaban J connectivity index is 2.03. The molecule has 2 aromatic carbocycles. The van der Waals surface area contributed by atoms with Crippen LogP contribution in [-0.4, -0.2) is 38.4 Å². The number of carbonyl (C=O) groups is 1. The third-order valence-electron chi connectivity index (χ3n) is 5.53. The molecule has 0 unspecified atom stereocenters. The maximum atomic E-state index is 13.6. The number of rotatable bonds is 8. The van der Waals surface area contributed by atoms with Gasteiger partial charge in [-0.1, -0.05) is 54.3 Å². The molecular weight excluding hydrogens is 455 g/mol. The van der Waals surface area contributed by atoms with Gasteiger partial charge in [-0.05, 0) is 50.1 Å². The topological polar surface area (TPSA) is 57.7 Å². The minimum atomic E-state index is -4.10. The highest BCUT2D eigenvalue weighted by atomic mass is 35.5. The molecule has 8 heteroatoms. The van der Waals surface area contributed by atoms with Crippen LogP contribution in [0.15, 0.2) is 60.0 Å². The molecule has 1 aliphatic rings. The van der Waals surface area contributed by atoms with E-state index in [0.717, 1.165) is 30.0 Å². The number of sulfonamides is 1. The normalized spacial score (nSPS) is 14.4. The van der Waals surface area contributed by atoms with E-state index in [1.54, 1.807) is 30.3 Å². The summed E-state index contributed by atoms with van der Waals surface area (Å²) in [6.07, 6.45) is 5.62. The number of hydrogen-bond acceptors (Lipinski definition) is 3. The Labute approximate surface area is 194 Å². The summed E-state index contributed by atoms with van der Waals surface area (Å²) in [7, 11) is -4.10. The van der Waals surface area contributed by atoms with Gasteiger partial charge < -0.3 is 4.90 Å². The lowest BCUT2D eigenvalue weighted by atomic mass is 10.1. The summed E-state index contributed by atoms with van der Waals surface area (Å²) < 4.78 is 28.3. The first-order chi connectivity index (χ1) is 14.8. The Morgan fingerprint density at radius 3 is 2.42 bits per heavy atom. The Bertz CT molecular complexity index is 1070. The van der Waals surface area contributed by atoms with Crippen LogP contribution in [0.4, 0.5) is 5.69 Å². The number of para-hydroxylation sites is 1. The van der Waals surface area contributed by atoms with Crippen molar-refractivity contribution in [2.24, 2.45) is 0 Å². The Kier molecular flexibility index (Phi) is 7.68. The lowest BCUT2D eigenvalue weighted by Gasteiger charge is -2.28. The smallest absolute Gasteiger partial charge is 0.266 e. The maximum Gasteiger partial charge on any atom is 0.266 e. The van der Waals surface area contributed by atoms with Crippen LogP contribution >= 0.6 is 23.2 Å². The van der Waals surface area contributed by atoms with E-state index < -0.39 is 10.0 Å². The van der Waals surface area contributed by atoms with Crippen LogP contribution in [0.25, 0.3) is 0 Å². The highest BCUT2D eigenvalue weighted by Crippen LogP contribution is 2.34. The largest absolute Gasteiger partial charge is 0.336 e. The first-order valence-corrected chi connectivity index (χ1v) is 12.5. The second kappa shape index (κ2) is 10.1. The van der Waals surface area contributed by atoms with E-state index in [0.29, 0.717) is 17.8 Å². The molecule has 1 fully saturated rings. The number of carbonyl (C=O) groups excluding carboxylic acids is 1. The van der Waals surface area contributed by atoms with Gasteiger partial charge in [0.2, 0.25) is 0 Å². The van der Waals surface area contributed by atoms with Crippen LogP contribution in [0.3, 0.4) is 0 Å². The van der Waals surface area contributed by atoms with Crippen molar-refractivity contribution in [1.29, 1.82) is 0 Å². The molecular formula is C23H26Cl2N2O3S. The van der Waals surface area contributed by atoms with Gasteiger partial charge in [0.25, 0.3) is 15.9 Å². The molecule has 2 aromatic rings. The van der Waals surface area contributed by atoms with Gasteiger partial charge in [-0.25, -0.2) is 8.42 Å². The zero-order valence-corrected chi connectivity index (χ0v) is 19.8. The monoisotopic (exact) mass is 480 g/mol. The van der Waals surface area contributed by atoms with Crippen molar-refractivity contribution in [2.75, 3.05) is 17.4 Å². The Morgan fingerprint density at radius 2 is 1.81 bits per heavy atom. The summed E-state index contributed by atoms with van der Waals surface area (Å²) in [4.78, 5) is 14.9. The molecule has 3 rings (SSSR count). The summed E-state index contributed by atoms with van der Waals surface area (Å²) in [5.41, 5.74) is 0.618. The number of anilines is 1. The van der Waals surface area contributed by atoms with Crippen molar-refractivity contribution < 1.29 is 13.2 Å². The first-order valence-electron chi connectivity index (χ1n) is 10.3. The van der Waals surface area contributed by atoms with Gasteiger partial charge in [-0.15, -0.1) is 6.58 Å². The first kappa shape index (κ1) is 23.6. The van der Waals surface area contributed by atoms with Crippen molar-refractivity contribution in [3.8, 4) is 0 Å². The van der Waals surface area contributed by atoms with E-state index >= 15 is 0 Å². The van der Waals surface area contributed by atoms with Gasteiger partial charge in [0.15, 0.2) is 0 Å². The van der Waals surface area contributed by atoms with Gasteiger partial charge in [-0.3, -0.25) is 9.10 Å². The number of nitrogens with zero attached hydrogens (tertiary/aromatic N) is 2. The average Bonchev–Trinajstić information content (AvgIpc) is 3.27. The number of hydrogen-bond donors (Lipinski definition) is 0. The van der Waals surface area contributed by atoms with E-state index in [1.807, 2.05) is 11.8 Å². The number of benzene rings is 2. The summed E-state index contributed by atoms with van der Waals surface area (Å²) in [5, 5.41) is 0.330. The minimum absolute atomic E-state index is 0.00370. The molecule has 5 nitrogen and oxygen atoms in total. The molecule has 31 heavy (non-hydrogen) atoms. The van der Waals surface area contributed by atoms with Crippen LogP contribution in [0, 0.1) is 0 Å². The van der Waals surface area contributed by atoms with Crippen molar-refractivity contribution in [1.82, 2.24) is 4.90 Å². The predicted molar refractivity (Wildman–Crippen MR) is 127 cm³/mol. The predicted octanol–water partition coefficient (Wildman–Crippen LogP) is 5.78. The molecule has 166 valence electrons. The molecule has 1 aliphatic carbocycles. The summed E-state index contributed by atoms with van der Waals surface area (Å²) in [6.45, 7) is 6.17. The molecule has 0 aliphatic heterocycles.